The van der Waals surface area contributed by atoms with Crippen LogP contribution in [0.3, 0.4) is 0 Å². The van der Waals surface area contributed by atoms with Gasteiger partial charge in [-0.25, -0.2) is 4.79 Å². The van der Waals surface area contributed by atoms with E-state index in [2.05, 4.69) is 25.1 Å². The van der Waals surface area contributed by atoms with Gasteiger partial charge in [0, 0.05) is 5.56 Å². The fourth-order valence-corrected chi connectivity index (χ4v) is 7.42. The first-order valence-electron chi connectivity index (χ1n) is 11.5. The number of aromatic hydroxyl groups is 1. The summed E-state index contributed by atoms with van der Waals surface area (Å²) >= 11 is 0. The van der Waals surface area contributed by atoms with Gasteiger partial charge in [-0.15, -0.1) is 0 Å². The third-order valence-corrected chi connectivity index (χ3v) is 8.35. The van der Waals surface area contributed by atoms with Crippen molar-refractivity contribution in [2.24, 2.45) is 17.8 Å². The van der Waals surface area contributed by atoms with E-state index < -0.39 is 5.97 Å². The van der Waals surface area contributed by atoms with E-state index in [0.717, 1.165) is 45.2 Å². The SMILES string of the molecule is Cc1cc(O)c(C23CC4CC(CC(C4)C2)C3)cc1-c1ccc2cc(C(=O)O)ccc2c1. The molecule has 158 valence electrons. The van der Waals surface area contributed by atoms with Crippen LogP contribution in [0.2, 0.25) is 0 Å². The van der Waals surface area contributed by atoms with Crippen molar-refractivity contribution in [3.63, 3.8) is 0 Å². The minimum atomic E-state index is -0.902. The lowest BCUT2D eigenvalue weighted by Crippen LogP contribution is -2.48. The number of carboxylic acid groups (broad SMARTS) is 1. The van der Waals surface area contributed by atoms with Gasteiger partial charge in [0.05, 0.1) is 5.56 Å². The van der Waals surface area contributed by atoms with Crippen molar-refractivity contribution in [2.75, 3.05) is 0 Å². The molecule has 4 aliphatic carbocycles. The van der Waals surface area contributed by atoms with Gasteiger partial charge in [0.25, 0.3) is 0 Å². The van der Waals surface area contributed by atoms with E-state index in [1.807, 2.05) is 18.2 Å². The van der Waals surface area contributed by atoms with Crippen molar-refractivity contribution in [2.45, 2.75) is 50.9 Å². The summed E-state index contributed by atoms with van der Waals surface area (Å²) in [6.07, 6.45) is 7.85. The van der Waals surface area contributed by atoms with Gasteiger partial charge in [0.2, 0.25) is 0 Å². The monoisotopic (exact) mass is 412 g/mol. The Hall–Kier alpha value is -2.81. The van der Waals surface area contributed by atoms with Crippen LogP contribution >= 0.6 is 0 Å². The highest BCUT2D eigenvalue weighted by atomic mass is 16.4. The Labute approximate surface area is 182 Å². The Morgan fingerprint density at radius 1 is 0.871 bits per heavy atom. The number of hydrogen-bond donors (Lipinski definition) is 2. The molecule has 3 heteroatoms. The van der Waals surface area contributed by atoms with Gasteiger partial charge in [-0.1, -0.05) is 18.2 Å². The summed E-state index contributed by atoms with van der Waals surface area (Å²) in [5, 5.41) is 22.2. The molecule has 0 aromatic heterocycles. The van der Waals surface area contributed by atoms with Crippen LogP contribution in [0.4, 0.5) is 0 Å². The van der Waals surface area contributed by atoms with Gasteiger partial charge in [-0.2, -0.15) is 0 Å². The fraction of sp³-hybridized carbons (Fsp3) is 0.393. The maximum absolute atomic E-state index is 11.3. The fourth-order valence-electron chi connectivity index (χ4n) is 7.42. The van der Waals surface area contributed by atoms with Crippen LogP contribution < -0.4 is 0 Å². The molecule has 0 aliphatic heterocycles. The Kier molecular flexibility index (Phi) is 4.02. The largest absolute Gasteiger partial charge is 0.508 e. The van der Waals surface area contributed by atoms with Gasteiger partial charge in [0.1, 0.15) is 5.75 Å². The summed E-state index contributed by atoms with van der Waals surface area (Å²) in [5.41, 5.74) is 4.99. The van der Waals surface area contributed by atoms with Crippen LogP contribution in [0.25, 0.3) is 21.9 Å². The number of carbonyl (C=O) groups is 1. The van der Waals surface area contributed by atoms with Crippen molar-refractivity contribution < 1.29 is 15.0 Å². The van der Waals surface area contributed by atoms with Gasteiger partial charge in [-0.05, 0) is 126 Å². The number of aryl methyl sites for hydroxylation is 1. The number of hydrogen-bond acceptors (Lipinski definition) is 2. The quantitative estimate of drug-likeness (QED) is 0.504. The van der Waals surface area contributed by atoms with Gasteiger partial charge < -0.3 is 10.2 Å². The highest BCUT2D eigenvalue weighted by molar-refractivity contribution is 5.96. The number of fused-ring (bicyclic) bond motifs is 1. The number of phenolic OH excluding ortho intramolecular Hbond substituents is 1. The summed E-state index contributed by atoms with van der Waals surface area (Å²) in [5.74, 6) is 2.06. The van der Waals surface area contributed by atoms with Gasteiger partial charge >= 0.3 is 5.97 Å². The lowest BCUT2D eigenvalue weighted by atomic mass is 9.48. The van der Waals surface area contributed by atoms with E-state index in [-0.39, 0.29) is 5.41 Å². The number of carboxylic acids is 1. The molecule has 0 atom stereocenters. The van der Waals surface area contributed by atoms with E-state index >= 15 is 0 Å². The zero-order valence-corrected chi connectivity index (χ0v) is 17.9. The molecule has 0 amide bonds. The van der Waals surface area contributed by atoms with Gasteiger partial charge in [0.15, 0.2) is 0 Å². The van der Waals surface area contributed by atoms with Crippen LogP contribution in [0.5, 0.6) is 5.75 Å². The topological polar surface area (TPSA) is 57.5 Å². The van der Waals surface area contributed by atoms with Crippen LogP contribution in [-0.4, -0.2) is 16.2 Å². The van der Waals surface area contributed by atoms with E-state index in [4.69, 9.17) is 0 Å². The van der Waals surface area contributed by atoms with E-state index in [9.17, 15) is 15.0 Å². The molecule has 7 rings (SSSR count). The second kappa shape index (κ2) is 6.59. The van der Waals surface area contributed by atoms with Crippen LogP contribution in [-0.2, 0) is 5.41 Å². The molecule has 0 radical (unpaired) electrons. The first kappa shape index (κ1) is 18.9. The predicted molar refractivity (Wildman–Crippen MR) is 123 cm³/mol. The zero-order chi connectivity index (χ0) is 21.3. The van der Waals surface area contributed by atoms with Crippen molar-refractivity contribution in [1.29, 1.82) is 0 Å². The Bertz CT molecular complexity index is 1190. The Morgan fingerprint density at radius 2 is 1.48 bits per heavy atom. The number of phenols is 1. The van der Waals surface area contributed by atoms with Crippen LogP contribution in [0, 0.1) is 24.7 Å². The third kappa shape index (κ3) is 2.97. The molecule has 4 aliphatic rings. The van der Waals surface area contributed by atoms with Gasteiger partial charge in [-0.3, -0.25) is 0 Å². The molecule has 3 nitrogen and oxygen atoms in total. The molecule has 0 saturated heterocycles. The molecule has 0 spiro atoms. The molecule has 0 heterocycles. The smallest absolute Gasteiger partial charge is 0.335 e. The van der Waals surface area contributed by atoms with Crippen LogP contribution in [0.1, 0.15) is 60.0 Å². The average molecular weight is 413 g/mol. The first-order chi connectivity index (χ1) is 14.9. The molecule has 4 saturated carbocycles. The van der Waals surface area contributed by atoms with E-state index in [1.54, 1.807) is 12.1 Å². The average Bonchev–Trinajstić information content (AvgIpc) is 2.72. The van der Waals surface area contributed by atoms with Crippen molar-refractivity contribution in [1.82, 2.24) is 0 Å². The second-order valence-electron chi connectivity index (χ2n) is 10.5. The van der Waals surface area contributed by atoms with Crippen molar-refractivity contribution in [3.05, 3.63) is 65.2 Å². The molecule has 0 unspecified atom stereocenters. The highest BCUT2D eigenvalue weighted by Crippen LogP contribution is 2.62. The molecule has 31 heavy (non-hydrogen) atoms. The lowest BCUT2D eigenvalue weighted by Gasteiger charge is -2.57. The highest BCUT2D eigenvalue weighted by Gasteiger charge is 2.52. The van der Waals surface area contributed by atoms with Crippen LogP contribution in [0.15, 0.2) is 48.5 Å². The van der Waals surface area contributed by atoms with Crippen molar-refractivity contribution >= 4 is 16.7 Å². The minimum absolute atomic E-state index is 0.147. The maximum atomic E-state index is 11.3. The summed E-state index contributed by atoms with van der Waals surface area (Å²) < 4.78 is 0. The predicted octanol–water partition coefficient (Wildman–Crippen LogP) is 6.69. The molecule has 3 aromatic carbocycles. The summed E-state index contributed by atoms with van der Waals surface area (Å²) in [4.78, 5) is 11.3. The molecule has 2 N–H and O–H groups in total. The summed E-state index contributed by atoms with van der Waals surface area (Å²) in [6.45, 7) is 2.07. The second-order valence-corrected chi connectivity index (χ2v) is 10.5. The molecular weight excluding hydrogens is 384 g/mol. The minimum Gasteiger partial charge on any atom is -0.508 e. The van der Waals surface area contributed by atoms with E-state index in [0.29, 0.717) is 11.3 Å². The number of rotatable bonds is 3. The Balaban J connectivity index is 1.45. The molecular formula is C28H28O3. The maximum Gasteiger partial charge on any atom is 0.335 e. The number of aromatic carboxylic acids is 1. The molecule has 3 aromatic rings. The first-order valence-corrected chi connectivity index (χ1v) is 11.5. The number of benzene rings is 3. The molecule has 4 bridgehead atoms. The lowest BCUT2D eigenvalue weighted by molar-refractivity contribution is -0.00611. The van der Waals surface area contributed by atoms with E-state index in [1.165, 1.54) is 44.1 Å². The molecule has 4 fully saturated rings. The normalized spacial score (nSPS) is 28.9. The standard InChI is InChI=1S/C28H28O3/c1-16-6-26(29)25(28-13-17-7-18(14-28)9-19(8-17)15-28)12-24(16)22-4-2-21-11-23(27(30)31)5-3-20(21)10-22/h2-6,10-12,17-19,29H,7-9,13-15H2,1H3,(H,30,31). The zero-order valence-electron chi connectivity index (χ0n) is 17.9. The third-order valence-electron chi connectivity index (χ3n) is 8.35. The Morgan fingerprint density at radius 3 is 2.13 bits per heavy atom. The summed E-state index contributed by atoms with van der Waals surface area (Å²) in [6, 6.07) is 15.7. The van der Waals surface area contributed by atoms with Crippen molar-refractivity contribution in [3.8, 4) is 16.9 Å². The summed E-state index contributed by atoms with van der Waals surface area (Å²) in [7, 11) is 0.